The third-order valence-electron chi connectivity index (χ3n) is 1.92. The van der Waals surface area contributed by atoms with E-state index in [-0.39, 0.29) is 32.6 Å². The average molecular weight is 440 g/mol. The molecule has 122 valence electrons. The number of rotatable bonds is 4. The second-order valence-corrected chi connectivity index (χ2v) is 5.86. The molecule has 11 heteroatoms. The van der Waals surface area contributed by atoms with Crippen molar-refractivity contribution < 1.29 is 58.8 Å². The maximum Gasteiger partial charge on any atom is 4.00 e. The Morgan fingerprint density at radius 2 is 0.870 bits per heavy atom. The molecule has 0 spiro atoms. The van der Waals surface area contributed by atoms with E-state index in [1.165, 1.54) is 24.3 Å². The molecule has 0 saturated carbocycles. The van der Waals surface area contributed by atoms with Crippen LogP contribution in [0.4, 0.5) is 0 Å². The molecule has 2 aromatic carbocycles. The fourth-order valence-electron chi connectivity index (χ4n) is 1.22. The van der Waals surface area contributed by atoms with Crippen LogP contribution in [0.1, 0.15) is 0 Å². The summed E-state index contributed by atoms with van der Waals surface area (Å²) in [4.78, 5) is 40.2. The molecule has 23 heavy (non-hydrogen) atoms. The Bertz CT molecular complexity index is 596. The summed E-state index contributed by atoms with van der Waals surface area (Å²) in [6.45, 7) is 0. The van der Waals surface area contributed by atoms with E-state index in [1.807, 2.05) is 0 Å². The van der Waals surface area contributed by atoms with E-state index in [4.69, 9.17) is 0 Å². The van der Waals surface area contributed by atoms with E-state index in [0.29, 0.717) is 0 Å². The number of phosphoric acid groups is 2. The van der Waals surface area contributed by atoms with Crippen LogP contribution >= 0.6 is 15.6 Å². The topological polar surface area (TPSA) is 145 Å². The van der Waals surface area contributed by atoms with Crippen LogP contribution in [0.3, 0.4) is 0 Å². The van der Waals surface area contributed by atoms with Gasteiger partial charge in [0.05, 0.1) is 0 Å². The average Bonchev–Trinajstić information content (AvgIpc) is 2.38. The molecule has 0 amide bonds. The number of phosphoric ester groups is 2. The second kappa shape index (κ2) is 10.0. The van der Waals surface area contributed by atoms with E-state index in [9.17, 15) is 28.7 Å². The summed E-state index contributed by atoms with van der Waals surface area (Å²) in [5.41, 5.74) is 0. The molecule has 0 aliphatic carbocycles. The molecular weight excluding hydrogens is 430 g/mol. The van der Waals surface area contributed by atoms with Crippen molar-refractivity contribution in [2.45, 2.75) is 0 Å². The zero-order valence-corrected chi connectivity index (χ0v) is 15.1. The second-order valence-electron chi connectivity index (χ2n) is 3.70. The minimum Gasteiger partial charge on any atom is -0.780 e. The molecule has 0 atom stereocenters. The fourth-order valence-corrected chi connectivity index (χ4v) is 1.98. The Morgan fingerprint density at radius 1 is 0.609 bits per heavy atom. The third-order valence-corrected chi connectivity index (χ3v) is 2.79. The molecular formula is C12H10MoO8P2. The van der Waals surface area contributed by atoms with Gasteiger partial charge in [0.1, 0.15) is 27.1 Å². The fraction of sp³-hybridized carbons (Fsp3) is 0. The van der Waals surface area contributed by atoms with Gasteiger partial charge in [-0.2, -0.15) is 0 Å². The Balaban J connectivity index is 0.000000403. The Morgan fingerprint density at radius 3 is 1.09 bits per heavy atom. The predicted molar refractivity (Wildman–Crippen MR) is 69.4 cm³/mol. The van der Waals surface area contributed by atoms with Crippen LogP contribution in [0.2, 0.25) is 0 Å². The van der Waals surface area contributed by atoms with Gasteiger partial charge in [0.15, 0.2) is 0 Å². The van der Waals surface area contributed by atoms with Crippen LogP contribution in [-0.2, 0) is 30.2 Å². The first-order valence-electron chi connectivity index (χ1n) is 5.69. The first-order valence-corrected chi connectivity index (χ1v) is 8.61. The van der Waals surface area contributed by atoms with Crippen molar-refractivity contribution in [2.24, 2.45) is 0 Å². The van der Waals surface area contributed by atoms with Gasteiger partial charge in [0, 0.05) is 0 Å². The van der Waals surface area contributed by atoms with Gasteiger partial charge >= 0.3 is 21.1 Å². The van der Waals surface area contributed by atoms with Gasteiger partial charge in [0.25, 0.3) is 0 Å². The molecule has 0 saturated heterocycles. The number of hydrogen-bond donors (Lipinski definition) is 0. The molecule has 0 heterocycles. The summed E-state index contributed by atoms with van der Waals surface area (Å²) in [6, 6.07) is 15.2. The van der Waals surface area contributed by atoms with Crippen molar-refractivity contribution in [3.8, 4) is 11.5 Å². The zero-order valence-electron chi connectivity index (χ0n) is 11.3. The first-order chi connectivity index (χ1) is 10.2. The Labute approximate surface area is 146 Å². The van der Waals surface area contributed by atoms with Crippen LogP contribution in [0.5, 0.6) is 11.5 Å². The van der Waals surface area contributed by atoms with Crippen LogP contribution in [0, 0.1) is 0 Å². The maximum absolute atomic E-state index is 10.1. The summed E-state index contributed by atoms with van der Waals surface area (Å²) >= 11 is 0. The maximum atomic E-state index is 10.1. The van der Waals surface area contributed by atoms with E-state index in [0.717, 1.165) is 0 Å². The van der Waals surface area contributed by atoms with E-state index >= 15 is 0 Å². The van der Waals surface area contributed by atoms with Crippen LogP contribution in [0.15, 0.2) is 60.7 Å². The van der Waals surface area contributed by atoms with Crippen molar-refractivity contribution in [2.75, 3.05) is 0 Å². The van der Waals surface area contributed by atoms with Gasteiger partial charge in [-0.3, -0.25) is 0 Å². The van der Waals surface area contributed by atoms with Gasteiger partial charge in [0.2, 0.25) is 0 Å². The minimum absolute atomic E-state index is 0. The number of benzene rings is 2. The molecule has 8 nitrogen and oxygen atoms in total. The molecule has 0 aliphatic rings. The molecule has 0 radical (unpaired) electrons. The third kappa shape index (κ3) is 12.2. The van der Waals surface area contributed by atoms with Crippen LogP contribution in [0.25, 0.3) is 0 Å². The molecule has 0 unspecified atom stereocenters. The van der Waals surface area contributed by atoms with Crippen molar-refractivity contribution >= 4 is 15.6 Å². The Kier molecular flexibility index (Phi) is 9.59. The molecule has 0 aliphatic heterocycles. The first kappa shape index (κ1) is 22.0. The smallest absolute Gasteiger partial charge is 0.780 e. The zero-order chi connectivity index (χ0) is 16.6. The molecule has 0 bridgehead atoms. The molecule has 0 fully saturated rings. The van der Waals surface area contributed by atoms with E-state index in [2.05, 4.69) is 9.05 Å². The molecule has 0 N–H and O–H groups in total. The quantitative estimate of drug-likeness (QED) is 0.469. The van der Waals surface area contributed by atoms with Crippen molar-refractivity contribution in [1.82, 2.24) is 0 Å². The number of para-hydroxylation sites is 2. The van der Waals surface area contributed by atoms with Crippen LogP contribution in [-0.4, -0.2) is 0 Å². The Hall–Kier alpha value is -0.972. The molecule has 0 aromatic heterocycles. The van der Waals surface area contributed by atoms with Gasteiger partial charge < -0.3 is 37.8 Å². The largest absolute Gasteiger partial charge is 4.00 e. The van der Waals surface area contributed by atoms with Crippen molar-refractivity contribution in [3.63, 3.8) is 0 Å². The van der Waals surface area contributed by atoms with Gasteiger partial charge in [-0.15, -0.1) is 0 Å². The van der Waals surface area contributed by atoms with Crippen molar-refractivity contribution in [3.05, 3.63) is 60.7 Å². The standard InChI is InChI=1S/2C6H7O4P.Mo/c2*7-11(8,9)10-6-4-2-1-3-5-6;/h2*1-5H,(H2,7,8,9);/q;;+4/p-4. The summed E-state index contributed by atoms with van der Waals surface area (Å²) in [5.74, 6) is 0.0849. The SMILES string of the molecule is O=P([O-])([O-])Oc1ccccc1.O=P([O-])([O-])Oc1ccccc1.[Mo+4]. The normalized spacial score (nSPS) is 10.6. The molecule has 2 aromatic rings. The van der Waals surface area contributed by atoms with Gasteiger partial charge in [-0.25, -0.2) is 0 Å². The molecule has 2 rings (SSSR count). The predicted octanol–water partition coefficient (Wildman–Crippen LogP) is -0.214. The number of hydrogen-bond acceptors (Lipinski definition) is 8. The summed E-state index contributed by atoms with van der Waals surface area (Å²) in [7, 11) is -9.78. The van der Waals surface area contributed by atoms with Gasteiger partial charge in [-0.1, -0.05) is 36.4 Å². The summed E-state index contributed by atoms with van der Waals surface area (Å²) < 4.78 is 28.2. The monoisotopic (exact) mass is 442 g/mol. The summed E-state index contributed by atoms with van der Waals surface area (Å²) in [6.07, 6.45) is 0. The van der Waals surface area contributed by atoms with E-state index in [1.54, 1.807) is 36.4 Å². The van der Waals surface area contributed by atoms with Crippen LogP contribution < -0.4 is 28.6 Å². The van der Waals surface area contributed by atoms with E-state index < -0.39 is 15.6 Å². The summed E-state index contributed by atoms with van der Waals surface area (Å²) in [5, 5.41) is 0. The van der Waals surface area contributed by atoms with Crippen molar-refractivity contribution in [1.29, 1.82) is 0 Å². The van der Waals surface area contributed by atoms with Gasteiger partial charge in [-0.05, 0) is 24.3 Å². The minimum atomic E-state index is -4.89.